The van der Waals surface area contributed by atoms with E-state index in [0.29, 0.717) is 0 Å². The van der Waals surface area contributed by atoms with Crippen molar-refractivity contribution in [2.75, 3.05) is 0 Å². The lowest BCUT2D eigenvalue weighted by Gasteiger charge is -1.94. The first kappa shape index (κ1) is 14.0. The largest absolute Gasteiger partial charge is 0.290 e. The molecular weight excluding hydrogens is 244 g/mol. The number of aryl methyl sites for hydroxylation is 2. The van der Waals surface area contributed by atoms with Gasteiger partial charge in [-0.05, 0) is 37.1 Å². The molecule has 2 aromatic carbocycles. The van der Waals surface area contributed by atoms with Crippen molar-refractivity contribution >= 4 is 17.9 Å². The maximum absolute atomic E-state index is 11.7. The molecule has 0 aliphatic carbocycles. The minimum Gasteiger partial charge on any atom is -0.290 e. The van der Waals surface area contributed by atoms with Gasteiger partial charge in [0, 0.05) is 0 Å². The second-order valence-electron chi connectivity index (χ2n) is 4.89. The van der Waals surface area contributed by atoms with E-state index in [4.69, 9.17) is 0 Å². The predicted octanol–water partition coefficient (Wildman–Crippen LogP) is 4.60. The van der Waals surface area contributed by atoms with Crippen LogP contribution in [0.1, 0.15) is 22.3 Å². The molecule has 2 rings (SSSR count). The molecule has 20 heavy (non-hydrogen) atoms. The first-order valence-electron chi connectivity index (χ1n) is 6.67. The molecule has 0 aliphatic heterocycles. The molecule has 0 N–H and O–H groups in total. The first-order valence-corrected chi connectivity index (χ1v) is 6.67. The van der Waals surface area contributed by atoms with E-state index in [-0.39, 0.29) is 5.78 Å². The number of allylic oxidation sites excluding steroid dienone is 2. The molecule has 0 unspecified atom stereocenters. The summed E-state index contributed by atoms with van der Waals surface area (Å²) in [6.45, 7) is 4.09. The highest BCUT2D eigenvalue weighted by molar-refractivity contribution is 6.04. The van der Waals surface area contributed by atoms with Crippen LogP contribution in [0.3, 0.4) is 0 Å². The van der Waals surface area contributed by atoms with Crippen LogP contribution >= 0.6 is 0 Å². The van der Waals surface area contributed by atoms with Crippen LogP contribution in [0.15, 0.2) is 60.7 Å². The third-order valence-electron chi connectivity index (χ3n) is 3.03. The lowest BCUT2D eigenvalue weighted by molar-refractivity contribution is -0.110. The van der Waals surface area contributed by atoms with Gasteiger partial charge in [-0.15, -0.1) is 0 Å². The average Bonchev–Trinajstić information content (AvgIpc) is 2.46. The Labute approximate surface area is 120 Å². The smallest absolute Gasteiger partial charge is 0.178 e. The summed E-state index contributed by atoms with van der Waals surface area (Å²) in [5.74, 6) is -0.00819. The summed E-state index contributed by atoms with van der Waals surface area (Å²) < 4.78 is 0. The molecule has 2 aromatic rings. The molecule has 0 aliphatic rings. The Hall–Kier alpha value is -2.41. The summed E-state index contributed by atoms with van der Waals surface area (Å²) >= 11 is 0. The maximum Gasteiger partial charge on any atom is 0.178 e. The van der Waals surface area contributed by atoms with E-state index in [2.05, 4.69) is 0 Å². The van der Waals surface area contributed by atoms with Gasteiger partial charge in [0.05, 0.1) is 0 Å². The molecule has 100 valence electrons. The van der Waals surface area contributed by atoms with Gasteiger partial charge in [0.2, 0.25) is 0 Å². The lowest BCUT2D eigenvalue weighted by Crippen LogP contribution is -1.85. The number of hydrogen-bond donors (Lipinski definition) is 0. The molecule has 1 heteroatoms. The van der Waals surface area contributed by atoms with Crippen molar-refractivity contribution in [1.29, 1.82) is 0 Å². The zero-order valence-corrected chi connectivity index (χ0v) is 11.8. The quantitative estimate of drug-likeness (QED) is 0.736. The van der Waals surface area contributed by atoms with Crippen molar-refractivity contribution in [3.05, 3.63) is 82.9 Å². The summed E-state index contributed by atoms with van der Waals surface area (Å²) in [6, 6.07) is 16.1. The van der Waals surface area contributed by atoms with Gasteiger partial charge in [-0.2, -0.15) is 0 Å². The van der Waals surface area contributed by atoms with E-state index in [0.717, 1.165) is 11.1 Å². The zero-order valence-electron chi connectivity index (χ0n) is 11.8. The molecule has 0 bridgehead atoms. The maximum atomic E-state index is 11.7. The van der Waals surface area contributed by atoms with Crippen LogP contribution in [-0.4, -0.2) is 5.78 Å². The summed E-state index contributed by atoms with van der Waals surface area (Å²) in [7, 11) is 0. The predicted molar refractivity (Wildman–Crippen MR) is 85.4 cm³/mol. The van der Waals surface area contributed by atoms with Gasteiger partial charge in [-0.3, -0.25) is 4.79 Å². The molecule has 0 radical (unpaired) electrons. The van der Waals surface area contributed by atoms with E-state index in [1.807, 2.05) is 74.5 Å². The molecule has 0 amide bonds. The fraction of sp³-hybridized carbons (Fsp3) is 0.105. The monoisotopic (exact) mass is 262 g/mol. The highest BCUT2D eigenvalue weighted by Gasteiger charge is 1.92. The van der Waals surface area contributed by atoms with Crippen LogP contribution in [0.5, 0.6) is 0 Å². The van der Waals surface area contributed by atoms with Crippen molar-refractivity contribution in [2.24, 2.45) is 0 Å². The van der Waals surface area contributed by atoms with Crippen LogP contribution < -0.4 is 0 Å². The molecule has 0 aromatic heterocycles. The van der Waals surface area contributed by atoms with Crippen LogP contribution in [0.4, 0.5) is 0 Å². The number of carbonyl (C=O) groups excluding carboxylic acids is 1. The van der Waals surface area contributed by atoms with Gasteiger partial charge in [0.15, 0.2) is 5.78 Å². The summed E-state index contributed by atoms with van der Waals surface area (Å²) in [4.78, 5) is 11.7. The molecule has 0 saturated heterocycles. The number of rotatable bonds is 4. The van der Waals surface area contributed by atoms with Crippen LogP contribution in [0.2, 0.25) is 0 Å². The Morgan fingerprint density at radius 1 is 0.700 bits per heavy atom. The third kappa shape index (κ3) is 4.36. The molecule has 0 spiro atoms. The fourth-order valence-corrected chi connectivity index (χ4v) is 1.77. The minimum atomic E-state index is -0.00819. The fourth-order valence-electron chi connectivity index (χ4n) is 1.77. The SMILES string of the molecule is Cc1ccc(/C=C\C(=O)/C=C/c2ccc(C)cc2)cc1. The van der Waals surface area contributed by atoms with Crippen LogP contribution in [0, 0.1) is 13.8 Å². The Kier molecular flexibility index (Phi) is 4.67. The van der Waals surface area contributed by atoms with Gasteiger partial charge in [0.1, 0.15) is 0 Å². The van der Waals surface area contributed by atoms with Gasteiger partial charge in [0.25, 0.3) is 0 Å². The lowest BCUT2D eigenvalue weighted by atomic mass is 10.1. The Bertz CT molecular complexity index is 571. The standard InChI is InChI=1S/C19H18O/c1-15-3-7-17(8-4-15)11-13-19(20)14-12-18-9-5-16(2)6-10-18/h3-14H,1-2H3/b13-11-,14-12+. The Morgan fingerprint density at radius 3 is 1.40 bits per heavy atom. The van der Waals surface area contributed by atoms with E-state index in [1.165, 1.54) is 11.1 Å². The second-order valence-corrected chi connectivity index (χ2v) is 4.89. The molecule has 0 fully saturated rings. The van der Waals surface area contributed by atoms with Crippen molar-refractivity contribution in [3.8, 4) is 0 Å². The molecule has 1 nitrogen and oxygen atoms in total. The highest BCUT2D eigenvalue weighted by Crippen LogP contribution is 2.07. The second kappa shape index (κ2) is 6.67. The van der Waals surface area contributed by atoms with E-state index in [9.17, 15) is 4.79 Å². The van der Waals surface area contributed by atoms with Crippen molar-refractivity contribution < 1.29 is 4.79 Å². The van der Waals surface area contributed by atoms with E-state index in [1.54, 1.807) is 12.2 Å². The van der Waals surface area contributed by atoms with E-state index < -0.39 is 0 Å². The zero-order chi connectivity index (χ0) is 14.4. The van der Waals surface area contributed by atoms with Crippen molar-refractivity contribution in [1.82, 2.24) is 0 Å². The molecular formula is C19H18O. The number of ketones is 1. The third-order valence-corrected chi connectivity index (χ3v) is 3.03. The molecule has 0 saturated carbocycles. The van der Waals surface area contributed by atoms with Crippen molar-refractivity contribution in [3.63, 3.8) is 0 Å². The van der Waals surface area contributed by atoms with Crippen molar-refractivity contribution in [2.45, 2.75) is 13.8 Å². The summed E-state index contributed by atoms with van der Waals surface area (Å²) in [5.41, 5.74) is 4.50. The van der Waals surface area contributed by atoms with Gasteiger partial charge < -0.3 is 0 Å². The normalized spacial score (nSPS) is 11.3. The Balaban J connectivity index is 1.98. The van der Waals surface area contributed by atoms with Crippen LogP contribution in [-0.2, 0) is 4.79 Å². The van der Waals surface area contributed by atoms with Gasteiger partial charge >= 0.3 is 0 Å². The first-order chi connectivity index (χ1) is 9.63. The highest BCUT2D eigenvalue weighted by atomic mass is 16.1. The summed E-state index contributed by atoms with van der Waals surface area (Å²) in [5, 5.41) is 0. The molecule has 0 heterocycles. The Morgan fingerprint density at radius 2 is 1.05 bits per heavy atom. The summed E-state index contributed by atoms with van der Waals surface area (Å²) in [6.07, 6.45) is 6.85. The van der Waals surface area contributed by atoms with E-state index >= 15 is 0 Å². The molecule has 0 atom stereocenters. The number of benzene rings is 2. The minimum absolute atomic E-state index is 0.00819. The number of hydrogen-bond acceptors (Lipinski definition) is 1. The van der Waals surface area contributed by atoms with Gasteiger partial charge in [-0.25, -0.2) is 0 Å². The average molecular weight is 262 g/mol. The number of carbonyl (C=O) groups is 1. The van der Waals surface area contributed by atoms with Crippen LogP contribution in [0.25, 0.3) is 12.2 Å². The van der Waals surface area contributed by atoms with Gasteiger partial charge in [-0.1, -0.05) is 71.8 Å². The topological polar surface area (TPSA) is 17.1 Å².